The lowest BCUT2D eigenvalue weighted by molar-refractivity contribution is -0.359. The van der Waals surface area contributed by atoms with Crippen molar-refractivity contribution >= 4 is 5.91 Å². The molecular formula is C81H141NO13. The van der Waals surface area contributed by atoms with Crippen LogP contribution in [0.25, 0.3) is 0 Å². The Morgan fingerprint density at radius 3 is 1.12 bits per heavy atom. The van der Waals surface area contributed by atoms with Crippen LogP contribution in [0.2, 0.25) is 0 Å². The Bertz CT molecular complexity index is 2010. The topological polar surface area (TPSA) is 228 Å². The van der Waals surface area contributed by atoms with Crippen LogP contribution in [0.5, 0.6) is 0 Å². The summed E-state index contributed by atoms with van der Waals surface area (Å²) in [6, 6.07) is -0.929. The van der Waals surface area contributed by atoms with Crippen molar-refractivity contribution in [1.29, 1.82) is 0 Å². The molecule has 0 spiro atoms. The maximum absolute atomic E-state index is 13.4. The Labute approximate surface area is 578 Å². The number of amides is 1. The molecular weight excluding hydrogens is 1190 g/mol. The predicted octanol–water partition coefficient (Wildman–Crippen LogP) is 17.1. The van der Waals surface area contributed by atoms with Crippen molar-refractivity contribution in [3.63, 3.8) is 0 Å². The molecule has 0 aromatic rings. The van der Waals surface area contributed by atoms with Gasteiger partial charge in [-0.25, -0.2) is 0 Å². The number of carbonyl (C=O) groups excluding carboxylic acids is 1. The number of carbonyl (C=O) groups is 1. The smallest absolute Gasteiger partial charge is 0.220 e. The molecule has 14 heteroatoms. The minimum absolute atomic E-state index is 0.249. The zero-order valence-electron chi connectivity index (χ0n) is 59.9. The Kier molecular flexibility index (Phi) is 59.2. The molecule has 2 rings (SSSR count). The van der Waals surface area contributed by atoms with Crippen LogP contribution in [-0.2, 0) is 23.7 Å². The van der Waals surface area contributed by atoms with Gasteiger partial charge < -0.3 is 65.1 Å². The van der Waals surface area contributed by atoms with Gasteiger partial charge in [-0.05, 0) is 83.5 Å². The van der Waals surface area contributed by atoms with Crippen LogP contribution in [0, 0.1) is 0 Å². The zero-order valence-corrected chi connectivity index (χ0v) is 59.9. The fourth-order valence-corrected chi connectivity index (χ4v) is 12.1. The van der Waals surface area contributed by atoms with Gasteiger partial charge in [0.15, 0.2) is 12.6 Å². The minimum atomic E-state index is -1.80. The van der Waals surface area contributed by atoms with Gasteiger partial charge in [-0.2, -0.15) is 0 Å². The molecule has 2 saturated heterocycles. The second-order valence-corrected chi connectivity index (χ2v) is 26.8. The first-order valence-electron chi connectivity index (χ1n) is 38.6. The van der Waals surface area contributed by atoms with Crippen molar-refractivity contribution in [2.24, 2.45) is 0 Å². The van der Waals surface area contributed by atoms with Crippen LogP contribution in [0.4, 0.5) is 0 Å². The number of allylic oxidation sites excluding steroid dienone is 17. The van der Waals surface area contributed by atoms with Gasteiger partial charge in [0.05, 0.1) is 32.0 Å². The molecule has 0 bridgehead atoms. The Balaban J connectivity index is 1.66. The summed E-state index contributed by atoms with van der Waals surface area (Å²) < 4.78 is 22.9. The van der Waals surface area contributed by atoms with Crippen molar-refractivity contribution in [3.8, 4) is 0 Å². The molecule has 14 nitrogen and oxygen atoms in total. The Morgan fingerprint density at radius 2 is 0.726 bits per heavy atom. The number of ether oxygens (including phenoxy) is 4. The van der Waals surface area contributed by atoms with E-state index in [-0.39, 0.29) is 18.9 Å². The van der Waals surface area contributed by atoms with Crippen molar-refractivity contribution in [1.82, 2.24) is 5.32 Å². The summed E-state index contributed by atoms with van der Waals surface area (Å²) in [5.41, 5.74) is 0. The third kappa shape index (κ3) is 47.4. The molecule has 0 radical (unpaired) electrons. The monoisotopic (exact) mass is 1340 g/mol. The molecule has 95 heavy (non-hydrogen) atoms. The van der Waals surface area contributed by atoms with E-state index in [1.165, 1.54) is 173 Å². The van der Waals surface area contributed by atoms with Crippen LogP contribution < -0.4 is 5.32 Å². The number of nitrogens with one attached hydrogen (secondary N) is 1. The summed E-state index contributed by atoms with van der Waals surface area (Å²) in [6.07, 6.45) is 75.7. The van der Waals surface area contributed by atoms with Crippen molar-refractivity contribution in [2.45, 2.75) is 376 Å². The molecule has 0 aliphatic carbocycles. The molecule has 0 saturated carbocycles. The van der Waals surface area contributed by atoms with Crippen molar-refractivity contribution in [2.75, 3.05) is 19.8 Å². The minimum Gasteiger partial charge on any atom is -0.394 e. The Hall–Kier alpha value is -3.35. The lowest BCUT2D eigenvalue weighted by Gasteiger charge is -2.46. The molecule has 2 aliphatic heterocycles. The fourth-order valence-electron chi connectivity index (χ4n) is 12.1. The third-order valence-electron chi connectivity index (χ3n) is 18.2. The Morgan fingerprint density at radius 1 is 0.389 bits per heavy atom. The van der Waals surface area contributed by atoms with E-state index in [0.717, 1.165) is 103 Å². The molecule has 0 aromatic heterocycles. The molecule has 2 heterocycles. The number of hydrogen-bond donors (Lipinski definition) is 9. The summed E-state index contributed by atoms with van der Waals surface area (Å²) in [5.74, 6) is -0.249. The summed E-state index contributed by atoms with van der Waals surface area (Å²) >= 11 is 0. The highest BCUT2D eigenvalue weighted by Crippen LogP contribution is 2.30. The van der Waals surface area contributed by atoms with E-state index in [4.69, 9.17) is 18.9 Å². The highest BCUT2D eigenvalue weighted by molar-refractivity contribution is 5.76. The van der Waals surface area contributed by atoms with Gasteiger partial charge in [0.1, 0.15) is 48.8 Å². The highest BCUT2D eigenvalue weighted by Gasteiger charge is 2.51. The zero-order chi connectivity index (χ0) is 68.7. The fraction of sp³-hybridized carbons (Fsp3) is 0.765. The number of hydrogen-bond acceptors (Lipinski definition) is 13. The van der Waals surface area contributed by atoms with Crippen LogP contribution >= 0.6 is 0 Å². The van der Waals surface area contributed by atoms with E-state index in [1.807, 2.05) is 6.08 Å². The third-order valence-corrected chi connectivity index (χ3v) is 18.2. The van der Waals surface area contributed by atoms with Gasteiger partial charge in [-0.3, -0.25) is 4.79 Å². The van der Waals surface area contributed by atoms with E-state index in [1.54, 1.807) is 6.08 Å². The van der Waals surface area contributed by atoms with Gasteiger partial charge in [-0.15, -0.1) is 0 Å². The second-order valence-electron chi connectivity index (χ2n) is 26.8. The molecule has 2 fully saturated rings. The molecule has 12 atom stereocenters. The molecule has 548 valence electrons. The average molecular weight is 1340 g/mol. The highest BCUT2D eigenvalue weighted by atomic mass is 16.7. The first-order valence-corrected chi connectivity index (χ1v) is 38.6. The van der Waals surface area contributed by atoms with Crippen LogP contribution in [0.15, 0.2) is 109 Å². The van der Waals surface area contributed by atoms with Gasteiger partial charge >= 0.3 is 0 Å². The first-order chi connectivity index (χ1) is 46.6. The number of rotatable bonds is 63. The maximum atomic E-state index is 13.4. The van der Waals surface area contributed by atoms with Gasteiger partial charge in [0.25, 0.3) is 0 Å². The van der Waals surface area contributed by atoms with Crippen LogP contribution in [0.1, 0.15) is 303 Å². The average Bonchev–Trinajstić information content (AvgIpc) is 0.801. The quantitative estimate of drug-likeness (QED) is 0.0204. The predicted molar refractivity (Wildman–Crippen MR) is 392 cm³/mol. The van der Waals surface area contributed by atoms with E-state index in [9.17, 15) is 45.6 Å². The summed E-state index contributed by atoms with van der Waals surface area (Å²) in [6.45, 7) is 2.71. The van der Waals surface area contributed by atoms with Crippen LogP contribution in [0.3, 0.4) is 0 Å². The molecule has 12 unspecified atom stereocenters. The second kappa shape index (κ2) is 64.1. The van der Waals surface area contributed by atoms with Gasteiger partial charge in [0.2, 0.25) is 5.91 Å². The first kappa shape index (κ1) is 87.7. The summed E-state index contributed by atoms with van der Waals surface area (Å²) in [4.78, 5) is 13.4. The largest absolute Gasteiger partial charge is 0.394 e. The molecule has 9 N–H and O–H groups in total. The maximum Gasteiger partial charge on any atom is 0.220 e. The SMILES string of the molecule is CC/C=C\C/C=C\C/C=C\C/C=C\C/C=C\C/C=C\C/C=C\C/C=C\CCCCCCCCCCC(=O)NC(COC1OC(CO)C(OC2OC(CO)C(O)C(O)C2O)C(O)C1O)C(O)/C=C/CCCCCCCCCCCCCCCCCCCCCCCCCCCC. The standard InChI is InChI=1S/C81H141NO13/c1-3-5-7-9-11-13-15-17-19-21-23-25-27-29-31-33-34-35-36-37-39-41-43-45-47-49-51-53-55-57-59-61-63-65-73(86)82-69(68-92-80-78(91)76(89)79(72(67-84)94-80)95-81-77(90)75(88)74(87)71(66-83)93-81)70(85)64-62-60-58-56-54-52-50-48-46-44-42-40-38-32-30-28-26-24-22-20-18-16-14-12-10-8-6-4-2/h5,7,11,13,17,19,23,25,29,31,34-35,37,39,43,45,62,64,69-72,74-81,83-85,87-91H,3-4,6,8-10,12,14-16,18,20-22,24,26-28,30,32-33,36,38,40-42,44,46-61,63,65-68H2,1-2H3,(H,82,86)/b7-5-,13-11-,19-17-,25-23-,31-29-,35-34-,39-37-,45-43-,64-62+. The van der Waals surface area contributed by atoms with Gasteiger partial charge in [-0.1, -0.05) is 322 Å². The molecule has 0 aromatic carbocycles. The van der Waals surface area contributed by atoms with Crippen molar-refractivity contribution in [3.05, 3.63) is 109 Å². The molecule has 1 amide bonds. The number of aliphatic hydroxyl groups excluding tert-OH is 8. The lowest BCUT2D eigenvalue weighted by Crippen LogP contribution is -2.65. The number of unbranched alkanes of at least 4 members (excludes halogenated alkanes) is 34. The van der Waals surface area contributed by atoms with Crippen LogP contribution in [-0.4, -0.2) is 140 Å². The summed E-state index contributed by atoms with van der Waals surface area (Å²) in [7, 11) is 0. The molecule has 2 aliphatic rings. The van der Waals surface area contributed by atoms with E-state index in [2.05, 4.69) is 116 Å². The van der Waals surface area contributed by atoms with E-state index >= 15 is 0 Å². The summed E-state index contributed by atoms with van der Waals surface area (Å²) in [5, 5.41) is 87.6. The van der Waals surface area contributed by atoms with E-state index in [0.29, 0.717) is 6.42 Å². The van der Waals surface area contributed by atoms with Gasteiger partial charge in [0, 0.05) is 6.42 Å². The normalized spacial score (nSPS) is 23.0. The van der Waals surface area contributed by atoms with E-state index < -0.39 is 86.8 Å². The lowest BCUT2D eigenvalue weighted by atomic mass is 9.97. The number of aliphatic hydroxyl groups is 8. The van der Waals surface area contributed by atoms with Crippen molar-refractivity contribution < 1.29 is 64.6 Å².